The molecule has 0 aliphatic carbocycles. The number of halogens is 1. The van der Waals surface area contributed by atoms with Crippen molar-refractivity contribution < 1.29 is 4.74 Å². The average molecular weight is 229 g/mol. The summed E-state index contributed by atoms with van der Waals surface area (Å²) in [5, 5.41) is 0.610. The van der Waals surface area contributed by atoms with Crippen LogP contribution < -0.4 is 5.73 Å². The lowest BCUT2D eigenvalue weighted by Crippen LogP contribution is -2.22. The van der Waals surface area contributed by atoms with Gasteiger partial charge in [-0.3, -0.25) is 4.90 Å². The molecule has 0 aliphatic rings. The minimum absolute atomic E-state index is 0.610. The van der Waals surface area contributed by atoms with Gasteiger partial charge in [-0.05, 0) is 24.7 Å². The Hall–Kier alpha value is -0.770. The Morgan fingerprint density at radius 1 is 1.47 bits per heavy atom. The van der Waals surface area contributed by atoms with E-state index >= 15 is 0 Å². The smallest absolute Gasteiger partial charge is 0.0635 e. The zero-order valence-corrected chi connectivity index (χ0v) is 9.92. The Kier molecular flexibility index (Phi) is 4.88. The first-order valence-corrected chi connectivity index (χ1v) is 5.22. The summed E-state index contributed by atoms with van der Waals surface area (Å²) < 4.78 is 5.01. The molecule has 15 heavy (non-hydrogen) atoms. The van der Waals surface area contributed by atoms with Crippen LogP contribution in [0.1, 0.15) is 5.56 Å². The number of nitrogens with two attached hydrogens (primary N) is 1. The Morgan fingerprint density at radius 3 is 2.80 bits per heavy atom. The second kappa shape index (κ2) is 5.95. The summed E-state index contributed by atoms with van der Waals surface area (Å²) in [4.78, 5) is 2.17. The van der Waals surface area contributed by atoms with E-state index in [1.807, 2.05) is 25.2 Å². The molecule has 0 saturated carbocycles. The van der Waals surface area contributed by atoms with Crippen LogP contribution in [0.2, 0.25) is 5.02 Å². The number of benzene rings is 1. The number of hydrogen-bond donors (Lipinski definition) is 1. The zero-order chi connectivity index (χ0) is 11.3. The molecule has 0 amide bonds. The molecule has 0 atom stereocenters. The van der Waals surface area contributed by atoms with Crippen LogP contribution >= 0.6 is 11.6 Å². The lowest BCUT2D eigenvalue weighted by atomic mass is 10.2. The number of methoxy groups -OCH3 is 1. The second-order valence-electron chi connectivity index (χ2n) is 3.59. The molecule has 0 fully saturated rings. The van der Waals surface area contributed by atoms with Gasteiger partial charge in [-0.15, -0.1) is 0 Å². The lowest BCUT2D eigenvalue weighted by molar-refractivity contribution is 0.158. The fourth-order valence-corrected chi connectivity index (χ4v) is 1.45. The first-order valence-electron chi connectivity index (χ1n) is 4.85. The van der Waals surface area contributed by atoms with Crippen LogP contribution in [0.5, 0.6) is 0 Å². The Morgan fingerprint density at radius 2 is 2.20 bits per heavy atom. The largest absolute Gasteiger partial charge is 0.398 e. The summed E-state index contributed by atoms with van der Waals surface area (Å²) in [5.74, 6) is 0. The van der Waals surface area contributed by atoms with Crippen molar-refractivity contribution in [2.45, 2.75) is 6.54 Å². The molecule has 3 nitrogen and oxygen atoms in total. The highest BCUT2D eigenvalue weighted by atomic mass is 35.5. The van der Waals surface area contributed by atoms with E-state index in [0.29, 0.717) is 10.7 Å². The van der Waals surface area contributed by atoms with Crippen molar-refractivity contribution in [1.29, 1.82) is 0 Å². The van der Waals surface area contributed by atoms with Gasteiger partial charge in [0, 0.05) is 20.2 Å². The fourth-order valence-electron chi connectivity index (χ4n) is 1.33. The molecule has 0 unspecified atom stereocenters. The average Bonchev–Trinajstić information content (AvgIpc) is 2.20. The fraction of sp³-hybridized carbons (Fsp3) is 0.455. The molecule has 0 aromatic heterocycles. The molecule has 1 aromatic carbocycles. The summed E-state index contributed by atoms with van der Waals surface area (Å²) in [5.41, 5.74) is 7.52. The van der Waals surface area contributed by atoms with Crippen LogP contribution in [0.3, 0.4) is 0 Å². The third kappa shape index (κ3) is 4.08. The van der Waals surface area contributed by atoms with Crippen LogP contribution in [0.25, 0.3) is 0 Å². The lowest BCUT2D eigenvalue weighted by Gasteiger charge is -2.16. The van der Waals surface area contributed by atoms with Crippen molar-refractivity contribution in [3.63, 3.8) is 0 Å². The second-order valence-corrected chi connectivity index (χ2v) is 3.99. The monoisotopic (exact) mass is 228 g/mol. The number of likely N-dealkylation sites (N-methyl/N-ethyl adjacent to an activating group) is 1. The predicted molar refractivity (Wildman–Crippen MR) is 64.1 cm³/mol. The first kappa shape index (κ1) is 12.3. The molecule has 0 aliphatic heterocycles. The minimum atomic E-state index is 0.610. The first-order chi connectivity index (χ1) is 7.13. The molecule has 84 valence electrons. The van der Waals surface area contributed by atoms with Gasteiger partial charge >= 0.3 is 0 Å². The number of hydrogen-bond acceptors (Lipinski definition) is 3. The summed E-state index contributed by atoms with van der Waals surface area (Å²) in [6.45, 7) is 2.49. The molecule has 0 saturated heterocycles. The van der Waals surface area contributed by atoms with E-state index in [1.54, 1.807) is 7.11 Å². The summed E-state index contributed by atoms with van der Waals surface area (Å²) in [7, 11) is 3.75. The van der Waals surface area contributed by atoms with Crippen LogP contribution in [0.4, 0.5) is 5.69 Å². The van der Waals surface area contributed by atoms with E-state index < -0.39 is 0 Å². The van der Waals surface area contributed by atoms with Crippen molar-refractivity contribution in [2.24, 2.45) is 0 Å². The van der Waals surface area contributed by atoms with Crippen molar-refractivity contribution in [2.75, 3.05) is 33.0 Å². The van der Waals surface area contributed by atoms with E-state index in [4.69, 9.17) is 22.1 Å². The summed E-state index contributed by atoms with van der Waals surface area (Å²) in [6.07, 6.45) is 0. The maximum atomic E-state index is 5.84. The van der Waals surface area contributed by atoms with Gasteiger partial charge in [0.15, 0.2) is 0 Å². The maximum absolute atomic E-state index is 5.84. The SMILES string of the molecule is COCCN(C)Cc1ccc(Cl)c(N)c1. The maximum Gasteiger partial charge on any atom is 0.0635 e. The van der Waals surface area contributed by atoms with Crippen molar-refractivity contribution in [3.05, 3.63) is 28.8 Å². The molecule has 0 radical (unpaired) electrons. The van der Waals surface area contributed by atoms with Gasteiger partial charge in [-0.1, -0.05) is 17.7 Å². The number of ether oxygens (including phenoxy) is 1. The molecular weight excluding hydrogens is 212 g/mol. The van der Waals surface area contributed by atoms with Gasteiger partial charge in [0.25, 0.3) is 0 Å². The molecule has 0 heterocycles. The van der Waals surface area contributed by atoms with E-state index in [9.17, 15) is 0 Å². The number of anilines is 1. The Bertz CT molecular complexity index is 317. The van der Waals surface area contributed by atoms with Crippen LogP contribution in [-0.4, -0.2) is 32.2 Å². The van der Waals surface area contributed by atoms with Crippen LogP contribution in [-0.2, 0) is 11.3 Å². The van der Waals surface area contributed by atoms with Crippen LogP contribution in [0, 0.1) is 0 Å². The third-order valence-corrected chi connectivity index (χ3v) is 2.53. The summed E-state index contributed by atoms with van der Waals surface area (Å²) >= 11 is 5.84. The molecule has 1 aromatic rings. The third-order valence-electron chi connectivity index (χ3n) is 2.19. The van der Waals surface area contributed by atoms with Gasteiger partial charge in [0.1, 0.15) is 0 Å². The van der Waals surface area contributed by atoms with Gasteiger partial charge in [0.2, 0.25) is 0 Å². The summed E-state index contributed by atoms with van der Waals surface area (Å²) in [6, 6.07) is 5.73. The molecule has 0 bridgehead atoms. The highest BCUT2D eigenvalue weighted by Gasteiger charge is 2.02. The standard InChI is InChI=1S/C11H17ClN2O/c1-14(5-6-15-2)8-9-3-4-10(12)11(13)7-9/h3-4,7H,5-6,8,13H2,1-2H3. The highest BCUT2D eigenvalue weighted by Crippen LogP contribution is 2.19. The van der Waals surface area contributed by atoms with E-state index in [-0.39, 0.29) is 0 Å². The minimum Gasteiger partial charge on any atom is -0.398 e. The molecule has 0 spiro atoms. The zero-order valence-electron chi connectivity index (χ0n) is 9.16. The van der Waals surface area contributed by atoms with Crippen molar-refractivity contribution >= 4 is 17.3 Å². The van der Waals surface area contributed by atoms with Crippen molar-refractivity contribution in [3.8, 4) is 0 Å². The topological polar surface area (TPSA) is 38.5 Å². The number of nitrogen functional groups attached to an aromatic ring is 1. The van der Waals surface area contributed by atoms with Gasteiger partial charge in [-0.2, -0.15) is 0 Å². The molecular formula is C11H17ClN2O. The predicted octanol–water partition coefficient (Wildman–Crippen LogP) is 2.00. The van der Waals surface area contributed by atoms with E-state index in [2.05, 4.69) is 4.90 Å². The Balaban J connectivity index is 2.53. The molecule has 1 rings (SSSR count). The van der Waals surface area contributed by atoms with Crippen LogP contribution in [0.15, 0.2) is 18.2 Å². The van der Waals surface area contributed by atoms with Gasteiger partial charge in [-0.25, -0.2) is 0 Å². The molecule has 2 N–H and O–H groups in total. The molecule has 4 heteroatoms. The van der Waals surface area contributed by atoms with Gasteiger partial charge in [0.05, 0.1) is 17.3 Å². The highest BCUT2D eigenvalue weighted by molar-refractivity contribution is 6.33. The van der Waals surface area contributed by atoms with Crippen molar-refractivity contribution in [1.82, 2.24) is 4.90 Å². The van der Waals surface area contributed by atoms with E-state index in [1.165, 1.54) is 0 Å². The number of rotatable bonds is 5. The quantitative estimate of drug-likeness (QED) is 0.784. The number of nitrogens with zero attached hydrogens (tertiary/aromatic N) is 1. The Labute approximate surface area is 95.8 Å². The van der Waals surface area contributed by atoms with Gasteiger partial charge < -0.3 is 10.5 Å². The normalized spacial score (nSPS) is 10.9. The van der Waals surface area contributed by atoms with E-state index in [0.717, 1.165) is 25.3 Å².